The summed E-state index contributed by atoms with van der Waals surface area (Å²) >= 11 is 7.73. The third-order valence-corrected chi connectivity index (χ3v) is 5.16. The van der Waals surface area contributed by atoms with Gasteiger partial charge in [0, 0.05) is 39.9 Å². The van der Waals surface area contributed by atoms with Gasteiger partial charge in [0.2, 0.25) is 11.7 Å². The van der Waals surface area contributed by atoms with E-state index in [4.69, 9.17) is 16.1 Å². The van der Waals surface area contributed by atoms with Gasteiger partial charge >= 0.3 is 0 Å². The minimum Gasteiger partial charge on any atom is -0.354 e. The minimum atomic E-state index is 0.251. The first-order chi connectivity index (χ1) is 13.0. The van der Waals surface area contributed by atoms with E-state index in [9.17, 15) is 0 Å². The number of hydrogen-bond donors (Lipinski definition) is 2. The second-order valence-corrected chi connectivity index (χ2v) is 8.02. The molecule has 1 aromatic carbocycles. The topological polar surface area (TPSA) is 75.3 Å². The molecule has 0 bridgehead atoms. The van der Waals surface area contributed by atoms with Gasteiger partial charge in [0.05, 0.1) is 6.54 Å². The van der Waals surface area contributed by atoms with Gasteiger partial charge in [-0.15, -0.1) is 11.3 Å². The molecule has 0 aliphatic carbocycles. The van der Waals surface area contributed by atoms with Crippen molar-refractivity contribution in [3.05, 3.63) is 57.1 Å². The predicted molar refractivity (Wildman–Crippen MR) is 110 cm³/mol. The van der Waals surface area contributed by atoms with Gasteiger partial charge in [0.1, 0.15) is 0 Å². The standard InChI is InChI=1S/C19H22ClN5OS/c1-12(10-16-9-4-13(2)27-16)23-19(21-3)22-11-17-24-18(25-26-17)14-5-7-15(20)8-6-14/h4-9,12H,10-11H2,1-3H3,(H2,21,22,23). The lowest BCUT2D eigenvalue weighted by Crippen LogP contribution is -2.42. The molecule has 2 heterocycles. The fraction of sp³-hybridized carbons (Fsp3) is 0.316. The monoisotopic (exact) mass is 403 g/mol. The zero-order valence-electron chi connectivity index (χ0n) is 15.5. The second-order valence-electron chi connectivity index (χ2n) is 6.21. The van der Waals surface area contributed by atoms with Gasteiger partial charge in [-0.2, -0.15) is 4.98 Å². The molecule has 3 aromatic rings. The molecule has 142 valence electrons. The van der Waals surface area contributed by atoms with E-state index in [0.29, 0.717) is 29.2 Å². The molecule has 0 radical (unpaired) electrons. The number of nitrogens with zero attached hydrogens (tertiary/aromatic N) is 3. The third-order valence-electron chi connectivity index (χ3n) is 3.89. The van der Waals surface area contributed by atoms with Crippen molar-refractivity contribution in [2.24, 2.45) is 4.99 Å². The summed E-state index contributed by atoms with van der Waals surface area (Å²) in [4.78, 5) is 11.3. The first-order valence-electron chi connectivity index (χ1n) is 8.64. The summed E-state index contributed by atoms with van der Waals surface area (Å²) in [5, 5.41) is 11.3. The van der Waals surface area contributed by atoms with Gasteiger partial charge in [-0.25, -0.2) is 0 Å². The highest BCUT2D eigenvalue weighted by molar-refractivity contribution is 7.11. The van der Waals surface area contributed by atoms with Crippen molar-refractivity contribution in [2.75, 3.05) is 7.05 Å². The summed E-state index contributed by atoms with van der Waals surface area (Å²) in [5.41, 5.74) is 0.858. The second kappa shape index (κ2) is 9.01. The van der Waals surface area contributed by atoms with E-state index >= 15 is 0 Å². The maximum Gasteiger partial charge on any atom is 0.246 e. The van der Waals surface area contributed by atoms with Crippen LogP contribution in [0, 0.1) is 6.92 Å². The number of guanidine groups is 1. The number of rotatable bonds is 6. The first kappa shape index (κ1) is 19.4. The maximum absolute atomic E-state index is 5.90. The molecule has 3 rings (SSSR count). The van der Waals surface area contributed by atoms with Gasteiger partial charge in [0.15, 0.2) is 5.96 Å². The van der Waals surface area contributed by atoms with E-state index < -0.39 is 0 Å². The average molecular weight is 404 g/mol. The van der Waals surface area contributed by atoms with Crippen molar-refractivity contribution in [1.82, 2.24) is 20.8 Å². The summed E-state index contributed by atoms with van der Waals surface area (Å²) < 4.78 is 5.31. The van der Waals surface area contributed by atoms with Crippen molar-refractivity contribution < 1.29 is 4.52 Å². The van der Waals surface area contributed by atoms with Crippen LogP contribution in [-0.2, 0) is 13.0 Å². The highest BCUT2D eigenvalue weighted by atomic mass is 35.5. The number of aliphatic imine (C=N–C) groups is 1. The number of thiophene rings is 1. The van der Waals surface area contributed by atoms with Crippen LogP contribution in [0.4, 0.5) is 0 Å². The van der Waals surface area contributed by atoms with E-state index in [1.807, 2.05) is 23.5 Å². The van der Waals surface area contributed by atoms with E-state index in [2.05, 4.69) is 51.7 Å². The largest absolute Gasteiger partial charge is 0.354 e. The number of aromatic nitrogens is 2. The third kappa shape index (κ3) is 5.55. The molecule has 1 unspecified atom stereocenters. The van der Waals surface area contributed by atoms with Crippen LogP contribution in [0.1, 0.15) is 22.6 Å². The SMILES string of the molecule is CN=C(NCc1nc(-c2ccc(Cl)cc2)no1)NC(C)Cc1ccc(C)s1. The predicted octanol–water partition coefficient (Wildman–Crippen LogP) is 4.06. The molecule has 2 N–H and O–H groups in total. The van der Waals surface area contributed by atoms with Crippen molar-refractivity contribution in [3.8, 4) is 11.4 Å². The fourth-order valence-corrected chi connectivity index (χ4v) is 3.72. The van der Waals surface area contributed by atoms with Crippen LogP contribution < -0.4 is 10.6 Å². The van der Waals surface area contributed by atoms with E-state index in [1.54, 1.807) is 19.2 Å². The first-order valence-corrected chi connectivity index (χ1v) is 9.84. The fourth-order valence-electron chi connectivity index (χ4n) is 2.58. The van der Waals surface area contributed by atoms with Gasteiger partial charge in [-0.3, -0.25) is 4.99 Å². The molecular formula is C19H22ClN5OS. The van der Waals surface area contributed by atoms with Crippen LogP contribution in [0.3, 0.4) is 0 Å². The lowest BCUT2D eigenvalue weighted by atomic mass is 10.2. The molecular weight excluding hydrogens is 382 g/mol. The molecule has 6 nitrogen and oxygen atoms in total. The summed E-state index contributed by atoms with van der Waals surface area (Å²) in [7, 11) is 1.74. The van der Waals surface area contributed by atoms with Crippen molar-refractivity contribution >= 4 is 28.9 Å². The molecule has 0 saturated carbocycles. The quantitative estimate of drug-likeness (QED) is 0.479. The van der Waals surface area contributed by atoms with Gasteiger partial charge in [-0.1, -0.05) is 16.8 Å². The molecule has 0 saturated heterocycles. The Balaban J connectivity index is 1.52. The van der Waals surface area contributed by atoms with E-state index in [0.717, 1.165) is 12.0 Å². The summed E-state index contributed by atoms with van der Waals surface area (Å²) in [6.45, 7) is 4.65. The van der Waals surface area contributed by atoms with Crippen LogP contribution >= 0.6 is 22.9 Å². The molecule has 0 aliphatic rings. The molecule has 2 aromatic heterocycles. The smallest absolute Gasteiger partial charge is 0.246 e. The Morgan fingerprint density at radius 2 is 2.04 bits per heavy atom. The van der Waals surface area contributed by atoms with Gasteiger partial charge in [-0.05, 0) is 50.2 Å². The summed E-state index contributed by atoms with van der Waals surface area (Å²) in [6, 6.07) is 11.9. The highest BCUT2D eigenvalue weighted by Gasteiger charge is 2.11. The van der Waals surface area contributed by atoms with E-state index in [-0.39, 0.29) is 6.04 Å². The molecule has 8 heteroatoms. The molecule has 0 fully saturated rings. The van der Waals surface area contributed by atoms with Crippen LogP contribution in [0.5, 0.6) is 0 Å². The summed E-state index contributed by atoms with van der Waals surface area (Å²) in [5.74, 6) is 1.72. The van der Waals surface area contributed by atoms with Crippen LogP contribution in [0.15, 0.2) is 45.9 Å². The van der Waals surface area contributed by atoms with Crippen LogP contribution in [0.2, 0.25) is 5.02 Å². The molecule has 0 aliphatic heterocycles. The van der Waals surface area contributed by atoms with Crippen LogP contribution in [-0.4, -0.2) is 29.2 Å². The zero-order chi connectivity index (χ0) is 19.2. The maximum atomic E-state index is 5.90. The summed E-state index contributed by atoms with van der Waals surface area (Å²) in [6.07, 6.45) is 0.945. The highest BCUT2D eigenvalue weighted by Crippen LogP contribution is 2.19. The van der Waals surface area contributed by atoms with E-state index in [1.165, 1.54) is 9.75 Å². The number of nitrogens with one attached hydrogen (secondary N) is 2. The number of aryl methyl sites for hydroxylation is 1. The van der Waals surface area contributed by atoms with Crippen molar-refractivity contribution in [3.63, 3.8) is 0 Å². The van der Waals surface area contributed by atoms with Gasteiger partial charge in [0.25, 0.3) is 0 Å². The Kier molecular flexibility index (Phi) is 6.47. The Morgan fingerprint density at radius 3 is 2.70 bits per heavy atom. The Morgan fingerprint density at radius 1 is 1.26 bits per heavy atom. The molecule has 27 heavy (non-hydrogen) atoms. The Hall–Kier alpha value is -2.38. The van der Waals surface area contributed by atoms with Crippen molar-refractivity contribution in [1.29, 1.82) is 0 Å². The van der Waals surface area contributed by atoms with Crippen molar-refractivity contribution in [2.45, 2.75) is 32.9 Å². The lowest BCUT2D eigenvalue weighted by Gasteiger charge is -2.16. The number of benzene rings is 1. The van der Waals surface area contributed by atoms with Crippen LogP contribution in [0.25, 0.3) is 11.4 Å². The average Bonchev–Trinajstić information content (AvgIpc) is 3.28. The lowest BCUT2D eigenvalue weighted by molar-refractivity contribution is 0.375. The minimum absolute atomic E-state index is 0.251. The Bertz CT molecular complexity index is 903. The number of hydrogen-bond acceptors (Lipinski definition) is 5. The normalized spacial score (nSPS) is 12.8. The molecule has 1 atom stereocenters. The molecule has 0 amide bonds. The Labute approximate surface area is 167 Å². The zero-order valence-corrected chi connectivity index (χ0v) is 17.1. The van der Waals surface area contributed by atoms with Gasteiger partial charge < -0.3 is 15.2 Å². The number of halogens is 1. The molecule has 0 spiro atoms.